The molecule has 6 heteroatoms. The van der Waals surface area contributed by atoms with Crippen molar-refractivity contribution in [1.82, 2.24) is 10.4 Å². The fourth-order valence-corrected chi connectivity index (χ4v) is 4.12. The molecule has 0 aliphatic heterocycles. The monoisotopic (exact) mass is 451 g/mol. The highest BCUT2D eigenvalue weighted by Gasteiger charge is 2.30. The third kappa shape index (κ3) is 7.20. The number of benzene rings is 4. The van der Waals surface area contributed by atoms with Gasteiger partial charge in [0.1, 0.15) is 6.15 Å². The van der Waals surface area contributed by atoms with Gasteiger partial charge in [-0.2, -0.15) is 21.9 Å². The van der Waals surface area contributed by atoms with Crippen LogP contribution in [0.2, 0.25) is 0 Å². The summed E-state index contributed by atoms with van der Waals surface area (Å²) >= 11 is 0. The van der Waals surface area contributed by atoms with Crippen LogP contribution in [0, 0.1) is 0 Å². The quantitative estimate of drug-likeness (QED) is 0.284. The van der Waals surface area contributed by atoms with Crippen molar-refractivity contribution in [2.45, 2.75) is 0 Å². The molecule has 4 aromatic carbocycles. The predicted octanol–water partition coefficient (Wildman–Crippen LogP) is 1.96. The van der Waals surface area contributed by atoms with Crippen LogP contribution in [0.1, 0.15) is 0 Å². The van der Waals surface area contributed by atoms with E-state index in [0.717, 1.165) is 0 Å². The average molecular weight is 451 g/mol. The molecular weight excluding hydrogens is 418 g/mol. The smallest absolute Gasteiger partial charge is 0.218 e. The Balaban J connectivity index is 0.000000391. The highest BCUT2D eigenvalue weighted by Crippen LogP contribution is 2.09. The van der Waals surface area contributed by atoms with Crippen LogP contribution in [0.4, 0.5) is 4.79 Å². The van der Waals surface area contributed by atoms with Gasteiger partial charge in [0.15, 0.2) is 5.81 Å². The number of hydroxylamine groups is 1. The minimum atomic E-state index is -1.22. The lowest BCUT2D eigenvalue weighted by atomic mass is 9.13. The Bertz CT molecular complexity index is 928. The fraction of sp³-hybridized carbons (Fsp3) is 0.107. The number of nitrogens with zero attached hydrogens (tertiary/aromatic N) is 1. The summed E-state index contributed by atoms with van der Waals surface area (Å²) in [5.41, 5.74) is 6.74. The summed E-state index contributed by atoms with van der Waals surface area (Å²) in [6.45, 7) is 0. The zero-order chi connectivity index (χ0) is 24.8. The number of hydrogen-bond donors (Lipinski definition) is 2. The lowest BCUT2D eigenvalue weighted by molar-refractivity contribution is 0.179. The number of hydrogen-bond acceptors (Lipinski definition) is 3. The van der Waals surface area contributed by atoms with Crippen LogP contribution in [0.25, 0.3) is 0 Å². The third-order valence-corrected chi connectivity index (χ3v) is 5.36. The van der Waals surface area contributed by atoms with Gasteiger partial charge in [-0.05, 0) is 21.1 Å². The first kappa shape index (κ1) is 26.7. The summed E-state index contributed by atoms with van der Waals surface area (Å²) in [6.07, 6.45) is -1.22. The molecule has 0 saturated heterocycles. The Kier molecular flexibility index (Phi) is 10.8. The Labute approximate surface area is 204 Å². The Morgan fingerprint density at radius 2 is 0.794 bits per heavy atom. The molecule has 0 aliphatic carbocycles. The molecule has 0 spiro atoms. The zero-order valence-electron chi connectivity index (χ0n) is 20.4. The van der Waals surface area contributed by atoms with Gasteiger partial charge in [-0.15, -0.1) is 0 Å². The average Bonchev–Trinajstić information content (AvgIpc) is 2.87. The standard InChI is InChI=1S/C24H20B.C3H9N.CH4BNO2/c1-5-13-21(14-6-1)25(22-15-7-2-8-16-22,23-17-9-3-10-18-23)24-19-11-4-12-20-24;1-4(2)3;2-1(4)3-5/h1-20H;1-3H3;5H,2H2,(H,3,4)/q-1;;. The van der Waals surface area contributed by atoms with E-state index in [-0.39, 0.29) is 0 Å². The van der Waals surface area contributed by atoms with Crippen molar-refractivity contribution in [1.29, 1.82) is 0 Å². The molecule has 0 bridgehead atoms. The molecule has 34 heavy (non-hydrogen) atoms. The molecule has 0 fully saturated rings. The maximum atomic E-state index is 9.45. The Morgan fingerprint density at radius 1 is 0.618 bits per heavy atom. The van der Waals surface area contributed by atoms with E-state index in [1.165, 1.54) is 35.2 Å². The van der Waals surface area contributed by atoms with Crippen molar-refractivity contribution in [3.05, 3.63) is 121 Å². The molecule has 0 aromatic heterocycles. The molecule has 0 aliphatic rings. The molecule has 4 aromatic rings. The normalized spacial score (nSPS) is 10.3. The molecule has 0 atom stereocenters. The van der Waals surface area contributed by atoms with Gasteiger partial charge in [-0.3, -0.25) is 10.0 Å². The van der Waals surface area contributed by atoms with Crippen LogP contribution in [-0.4, -0.2) is 51.0 Å². The van der Waals surface area contributed by atoms with E-state index < -0.39 is 12.0 Å². The maximum Gasteiger partial charge on any atom is 0.218 e. The Morgan fingerprint density at radius 3 is 0.941 bits per heavy atom. The van der Waals surface area contributed by atoms with Crippen molar-refractivity contribution in [3.8, 4) is 0 Å². The van der Waals surface area contributed by atoms with Gasteiger partial charge >= 0.3 is 0 Å². The SMILES string of the molecule is BC(=O)NO.CN(C)C.c1ccc([B-](c2ccccc2)(c2ccccc2)c2ccccc2)cc1. The van der Waals surface area contributed by atoms with Gasteiger partial charge < -0.3 is 4.90 Å². The first-order valence-electron chi connectivity index (χ1n) is 11.3. The zero-order valence-corrected chi connectivity index (χ0v) is 20.4. The van der Waals surface area contributed by atoms with Gasteiger partial charge in [0.25, 0.3) is 0 Å². The summed E-state index contributed by atoms with van der Waals surface area (Å²) in [6, 6.07) is 43.5. The molecule has 4 nitrogen and oxygen atoms in total. The molecule has 1 amide bonds. The van der Waals surface area contributed by atoms with Crippen LogP contribution >= 0.6 is 0 Å². The number of nitrogens with one attached hydrogen (secondary N) is 1. The summed E-state index contributed by atoms with van der Waals surface area (Å²) in [5.74, 6) is -0.440. The minimum Gasteiger partial charge on any atom is -0.312 e. The van der Waals surface area contributed by atoms with Crippen LogP contribution < -0.4 is 27.3 Å². The van der Waals surface area contributed by atoms with E-state index in [1.807, 2.05) is 26.0 Å². The molecule has 0 saturated carbocycles. The van der Waals surface area contributed by atoms with Gasteiger partial charge in [0, 0.05) is 0 Å². The van der Waals surface area contributed by atoms with E-state index in [1.54, 1.807) is 0 Å². The summed E-state index contributed by atoms with van der Waals surface area (Å²) in [5, 5.41) is 7.54. The lowest BCUT2D eigenvalue weighted by Crippen LogP contribution is -2.74. The van der Waals surface area contributed by atoms with Crippen molar-refractivity contribution < 1.29 is 10.0 Å². The molecule has 174 valence electrons. The van der Waals surface area contributed by atoms with Crippen molar-refractivity contribution in [2.24, 2.45) is 0 Å². The fourth-order valence-electron chi connectivity index (χ4n) is 4.12. The minimum absolute atomic E-state index is 0.440. The van der Waals surface area contributed by atoms with E-state index >= 15 is 0 Å². The van der Waals surface area contributed by atoms with Crippen LogP contribution in [0.5, 0.6) is 0 Å². The molecule has 2 N–H and O–H groups in total. The van der Waals surface area contributed by atoms with Gasteiger partial charge in [0.05, 0.1) is 0 Å². The molecule has 0 radical (unpaired) electrons. The predicted molar refractivity (Wildman–Crippen MR) is 149 cm³/mol. The number of carbonyl (C=O) groups is 1. The van der Waals surface area contributed by atoms with Gasteiger partial charge in [0.2, 0.25) is 7.85 Å². The molecule has 0 unspecified atom stereocenters. The van der Waals surface area contributed by atoms with Crippen LogP contribution in [0.3, 0.4) is 0 Å². The third-order valence-electron chi connectivity index (χ3n) is 5.36. The van der Waals surface area contributed by atoms with E-state index in [9.17, 15) is 4.79 Å². The molecular formula is C28H33B2N2O2-. The maximum absolute atomic E-state index is 9.45. The van der Waals surface area contributed by atoms with Gasteiger partial charge in [-0.1, -0.05) is 121 Å². The topological polar surface area (TPSA) is 52.6 Å². The first-order chi connectivity index (χ1) is 16.4. The second-order valence-corrected chi connectivity index (χ2v) is 8.52. The van der Waals surface area contributed by atoms with E-state index in [4.69, 9.17) is 5.21 Å². The highest BCUT2D eigenvalue weighted by molar-refractivity contribution is 7.19. The second-order valence-electron chi connectivity index (χ2n) is 8.52. The lowest BCUT2D eigenvalue weighted by Gasteiger charge is -2.44. The van der Waals surface area contributed by atoms with Crippen molar-refractivity contribution in [3.63, 3.8) is 0 Å². The van der Waals surface area contributed by atoms with E-state index in [0.29, 0.717) is 0 Å². The van der Waals surface area contributed by atoms with Crippen LogP contribution in [0.15, 0.2) is 121 Å². The van der Waals surface area contributed by atoms with Gasteiger partial charge in [-0.25, -0.2) is 5.48 Å². The largest absolute Gasteiger partial charge is 0.312 e. The molecule has 4 rings (SSSR count). The van der Waals surface area contributed by atoms with Crippen molar-refractivity contribution >= 4 is 41.7 Å². The summed E-state index contributed by atoms with van der Waals surface area (Å²) in [4.78, 5) is 11.5. The number of carbonyl (C=O) groups excluding carboxylic acids is 1. The Hall–Kier alpha value is -3.60. The molecule has 0 heterocycles. The summed E-state index contributed by atoms with van der Waals surface area (Å²) < 4.78 is 0. The van der Waals surface area contributed by atoms with Crippen molar-refractivity contribution in [2.75, 3.05) is 21.1 Å². The first-order valence-corrected chi connectivity index (χ1v) is 11.3. The number of amides is 1. The summed E-state index contributed by atoms with van der Waals surface area (Å²) in [7, 11) is 7.22. The van der Waals surface area contributed by atoms with Crippen LogP contribution in [-0.2, 0) is 0 Å². The highest BCUT2D eigenvalue weighted by atomic mass is 16.5. The van der Waals surface area contributed by atoms with E-state index in [2.05, 4.69) is 121 Å². The number of rotatable bonds is 4. The second kappa shape index (κ2) is 13.8.